The summed E-state index contributed by atoms with van der Waals surface area (Å²) in [4.78, 5) is 5.46. The van der Waals surface area contributed by atoms with E-state index in [2.05, 4.69) is 52.3 Å². The third-order valence-electron chi connectivity index (χ3n) is 8.75. The van der Waals surface area contributed by atoms with Crippen molar-refractivity contribution in [2.45, 2.75) is 77.0 Å². The molecule has 0 aromatic carbocycles. The van der Waals surface area contributed by atoms with Gasteiger partial charge < -0.3 is 52.3 Å². The van der Waals surface area contributed by atoms with Gasteiger partial charge in [0.2, 0.25) is 0 Å². The molecule has 2 saturated heterocycles. The van der Waals surface area contributed by atoms with Crippen LogP contribution >= 0.6 is 0 Å². The molecule has 0 saturated carbocycles. The largest absolute Gasteiger partial charge is 0.317 e. The van der Waals surface area contributed by atoms with E-state index >= 15 is 0 Å². The standard InChI is InChI=1S/C34H76N10/c1-2-14-36-16-4-18-38-20-6-22-40-26-9-30-43(29-8-25-39-21-5-19-37-17-3-15-35-13-1)33-12-34-44-31-10-27-41-23-7-24-42-28-11-32-44/h35-42H,1-34H2. The maximum Gasteiger partial charge on any atom is -0.000653 e. The number of nitrogens with one attached hydrogen (secondary N) is 8. The first-order valence-electron chi connectivity index (χ1n) is 19.1. The molecule has 2 fully saturated rings. The summed E-state index contributed by atoms with van der Waals surface area (Å²) < 4.78 is 0. The lowest BCUT2D eigenvalue weighted by molar-refractivity contribution is 0.218. The molecule has 0 aromatic heterocycles. The summed E-state index contributed by atoms with van der Waals surface area (Å²) in [6, 6.07) is 0. The van der Waals surface area contributed by atoms with Crippen LogP contribution in [0.1, 0.15) is 77.0 Å². The summed E-state index contributed by atoms with van der Waals surface area (Å²) in [5, 5.41) is 29.1. The monoisotopic (exact) mass is 625 g/mol. The van der Waals surface area contributed by atoms with Crippen LogP contribution in [-0.4, -0.2) is 154 Å². The highest BCUT2D eigenvalue weighted by Gasteiger charge is 2.09. The Morgan fingerprint density at radius 1 is 0.250 bits per heavy atom. The number of hydrogen-bond donors (Lipinski definition) is 8. The molecule has 0 aliphatic carbocycles. The lowest BCUT2D eigenvalue weighted by Gasteiger charge is -2.26. The van der Waals surface area contributed by atoms with Gasteiger partial charge in [0.25, 0.3) is 0 Å². The van der Waals surface area contributed by atoms with Gasteiger partial charge in [-0.05, 0) is 221 Å². The van der Waals surface area contributed by atoms with Gasteiger partial charge in [-0.25, -0.2) is 0 Å². The minimum atomic E-state index is 1.12. The summed E-state index contributed by atoms with van der Waals surface area (Å²) in [5.74, 6) is 0. The predicted octanol–water partition coefficient (Wildman–Crippen LogP) is 1.02. The summed E-state index contributed by atoms with van der Waals surface area (Å²) in [6.07, 6.45) is 15.0. The third-order valence-corrected chi connectivity index (χ3v) is 8.75. The fraction of sp³-hybridized carbons (Fsp3) is 1.00. The summed E-state index contributed by atoms with van der Waals surface area (Å²) >= 11 is 0. The Morgan fingerprint density at radius 2 is 0.455 bits per heavy atom. The van der Waals surface area contributed by atoms with Gasteiger partial charge >= 0.3 is 0 Å². The molecule has 2 heterocycles. The molecular weight excluding hydrogens is 548 g/mol. The van der Waals surface area contributed by atoms with Crippen LogP contribution in [0.2, 0.25) is 0 Å². The predicted molar refractivity (Wildman–Crippen MR) is 191 cm³/mol. The Bertz CT molecular complexity index is 528. The minimum Gasteiger partial charge on any atom is -0.317 e. The first-order chi connectivity index (χ1) is 21.9. The second-order valence-corrected chi connectivity index (χ2v) is 12.9. The molecule has 0 radical (unpaired) electrons. The number of hydrogen-bond acceptors (Lipinski definition) is 10. The van der Waals surface area contributed by atoms with Gasteiger partial charge in [0, 0.05) is 0 Å². The van der Waals surface area contributed by atoms with Crippen LogP contribution in [0.3, 0.4) is 0 Å². The van der Waals surface area contributed by atoms with Crippen molar-refractivity contribution in [1.82, 2.24) is 52.3 Å². The third kappa shape index (κ3) is 26.8. The van der Waals surface area contributed by atoms with Crippen molar-refractivity contribution in [3.63, 3.8) is 0 Å². The van der Waals surface area contributed by atoms with Gasteiger partial charge in [-0.15, -0.1) is 0 Å². The molecule has 10 nitrogen and oxygen atoms in total. The molecule has 2 rings (SSSR count). The van der Waals surface area contributed by atoms with Gasteiger partial charge in [-0.1, -0.05) is 0 Å². The topological polar surface area (TPSA) is 103 Å². The fourth-order valence-electron chi connectivity index (χ4n) is 6.09. The van der Waals surface area contributed by atoms with E-state index in [0.29, 0.717) is 0 Å². The van der Waals surface area contributed by atoms with Crippen LogP contribution < -0.4 is 42.5 Å². The zero-order chi connectivity index (χ0) is 30.9. The Labute approximate surface area is 273 Å². The van der Waals surface area contributed by atoms with E-state index < -0.39 is 0 Å². The average molecular weight is 625 g/mol. The van der Waals surface area contributed by atoms with E-state index in [1.807, 2.05) is 0 Å². The van der Waals surface area contributed by atoms with Crippen LogP contribution in [0.5, 0.6) is 0 Å². The molecule has 10 heteroatoms. The van der Waals surface area contributed by atoms with Crippen LogP contribution in [0.4, 0.5) is 0 Å². The van der Waals surface area contributed by atoms with Crippen LogP contribution in [-0.2, 0) is 0 Å². The Morgan fingerprint density at radius 3 is 0.705 bits per heavy atom. The van der Waals surface area contributed by atoms with E-state index in [4.69, 9.17) is 0 Å². The van der Waals surface area contributed by atoms with Gasteiger partial charge in [-0.3, -0.25) is 0 Å². The van der Waals surface area contributed by atoms with Gasteiger partial charge in [0.15, 0.2) is 0 Å². The molecule has 262 valence electrons. The quantitative estimate of drug-likeness (QED) is 0.231. The van der Waals surface area contributed by atoms with Crippen molar-refractivity contribution >= 4 is 0 Å². The lowest BCUT2D eigenvalue weighted by atomic mass is 10.2. The molecule has 8 N–H and O–H groups in total. The average Bonchev–Trinajstić information content (AvgIpc) is 3.02. The normalized spacial score (nSPS) is 24.5. The van der Waals surface area contributed by atoms with Crippen LogP contribution in [0, 0.1) is 0 Å². The maximum atomic E-state index is 3.70. The molecule has 0 spiro atoms. The molecule has 2 aliphatic heterocycles. The SMILES string of the molecule is C1CCNCCCNCCCNCCCN(CCCN2CCCNCCCNCCC2)CCCNCCCNCCCNC1. The molecule has 0 amide bonds. The summed E-state index contributed by atoms with van der Waals surface area (Å²) in [7, 11) is 0. The maximum absolute atomic E-state index is 3.70. The van der Waals surface area contributed by atoms with Crippen molar-refractivity contribution < 1.29 is 0 Å². The van der Waals surface area contributed by atoms with Crippen LogP contribution in [0.15, 0.2) is 0 Å². The van der Waals surface area contributed by atoms with Crippen molar-refractivity contribution in [2.24, 2.45) is 0 Å². The molecule has 0 bridgehead atoms. The van der Waals surface area contributed by atoms with E-state index in [-0.39, 0.29) is 0 Å². The van der Waals surface area contributed by atoms with Crippen molar-refractivity contribution in [2.75, 3.05) is 144 Å². The first kappa shape index (κ1) is 39.8. The first-order valence-corrected chi connectivity index (χ1v) is 19.1. The van der Waals surface area contributed by atoms with Gasteiger partial charge in [0.1, 0.15) is 0 Å². The number of rotatable bonds is 4. The second-order valence-electron chi connectivity index (χ2n) is 12.9. The lowest BCUT2D eigenvalue weighted by Crippen LogP contribution is -2.36. The van der Waals surface area contributed by atoms with E-state index in [1.54, 1.807) is 0 Å². The van der Waals surface area contributed by atoms with E-state index in [0.717, 1.165) is 105 Å². The number of nitrogens with zero attached hydrogens (tertiary/aromatic N) is 2. The van der Waals surface area contributed by atoms with E-state index in [1.165, 1.54) is 116 Å². The molecule has 2 aliphatic rings. The highest BCUT2D eigenvalue weighted by atomic mass is 15.1. The van der Waals surface area contributed by atoms with Crippen molar-refractivity contribution in [3.05, 3.63) is 0 Å². The molecule has 0 atom stereocenters. The van der Waals surface area contributed by atoms with Gasteiger partial charge in [0.05, 0.1) is 0 Å². The zero-order valence-corrected chi connectivity index (χ0v) is 28.9. The molecule has 0 aromatic rings. The van der Waals surface area contributed by atoms with E-state index in [9.17, 15) is 0 Å². The summed E-state index contributed by atoms with van der Waals surface area (Å²) in [5.41, 5.74) is 0. The second kappa shape index (κ2) is 32.5. The Hall–Kier alpha value is -0.400. The molecular formula is C34H76N10. The smallest absolute Gasteiger partial charge is 0.000653 e. The Kier molecular flexibility index (Phi) is 29.4. The highest BCUT2D eigenvalue weighted by Crippen LogP contribution is 2.02. The minimum absolute atomic E-state index is 1.12. The van der Waals surface area contributed by atoms with Crippen LogP contribution in [0.25, 0.3) is 0 Å². The summed E-state index contributed by atoms with van der Waals surface area (Å²) in [6.45, 7) is 25.5. The fourth-order valence-corrected chi connectivity index (χ4v) is 6.09. The highest BCUT2D eigenvalue weighted by molar-refractivity contribution is 4.67. The molecule has 0 unspecified atom stereocenters. The molecule has 44 heavy (non-hydrogen) atoms. The van der Waals surface area contributed by atoms with Crippen molar-refractivity contribution in [3.8, 4) is 0 Å². The van der Waals surface area contributed by atoms with Crippen molar-refractivity contribution in [1.29, 1.82) is 0 Å². The zero-order valence-electron chi connectivity index (χ0n) is 28.9. The Balaban J connectivity index is 1.67. The van der Waals surface area contributed by atoms with Gasteiger partial charge in [-0.2, -0.15) is 0 Å².